The second-order valence-electron chi connectivity index (χ2n) is 4.18. The number of fused-ring (bicyclic) bond motifs is 1. The zero-order valence-electron chi connectivity index (χ0n) is 10.5. The number of imidazole rings is 1. The normalized spacial score (nSPS) is 11.1. The summed E-state index contributed by atoms with van der Waals surface area (Å²) in [4.78, 5) is 5.22. The number of nitrogens with zero attached hydrogens (tertiary/aromatic N) is 2. The van der Waals surface area contributed by atoms with Crippen molar-refractivity contribution >= 4 is 16.3 Å². The van der Waals surface area contributed by atoms with Gasteiger partial charge in [0.25, 0.3) is 0 Å². The van der Waals surface area contributed by atoms with E-state index < -0.39 is 0 Å². The monoisotopic (exact) mass is 274 g/mol. The third-order valence-electron chi connectivity index (χ3n) is 3.00. The molecule has 0 amide bonds. The number of aliphatic hydroxyl groups is 1. The average Bonchev–Trinajstić information content (AvgIpc) is 2.99. The molecule has 0 fully saturated rings. The molecule has 0 spiro atoms. The van der Waals surface area contributed by atoms with Crippen LogP contribution < -0.4 is 4.74 Å². The number of ether oxygens (including phenoxy) is 1. The summed E-state index contributed by atoms with van der Waals surface area (Å²) in [5, 5.41) is 11.4. The average molecular weight is 274 g/mol. The maximum Gasteiger partial charge on any atom is 0.244 e. The largest absolute Gasteiger partial charge is 0.437 e. The Balaban J connectivity index is 1.97. The molecule has 0 saturated heterocycles. The Kier molecular flexibility index (Phi) is 3.23. The molecule has 0 atom stereocenters. The standard InChI is InChI=1S/C14H14N2O2S/c1-2-10-4-3-5-11(8-10)18-13-12(9-17)16-6-7-19-14(16)15-13/h3-8,17H,2,9H2,1H3. The molecule has 0 saturated carbocycles. The number of rotatable bonds is 4. The molecule has 0 unspecified atom stereocenters. The van der Waals surface area contributed by atoms with Gasteiger partial charge >= 0.3 is 0 Å². The van der Waals surface area contributed by atoms with E-state index in [1.807, 2.05) is 34.2 Å². The number of aryl methyl sites for hydroxylation is 1. The third-order valence-corrected chi connectivity index (χ3v) is 3.75. The smallest absolute Gasteiger partial charge is 0.244 e. The van der Waals surface area contributed by atoms with Crippen molar-refractivity contribution in [3.05, 3.63) is 47.1 Å². The topological polar surface area (TPSA) is 46.8 Å². The first-order chi connectivity index (χ1) is 9.31. The van der Waals surface area contributed by atoms with Crippen LogP contribution in [0.5, 0.6) is 11.6 Å². The van der Waals surface area contributed by atoms with Crippen LogP contribution in [0.15, 0.2) is 35.8 Å². The van der Waals surface area contributed by atoms with Crippen LogP contribution in [0, 0.1) is 0 Å². The molecule has 0 aliphatic carbocycles. The fourth-order valence-corrected chi connectivity index (χ4v) is 2.70. The van der Waals surface area contributed by atoms with Gasteiger partial charge in [0.2, 0.25) is 5.88 Å². The SMILES string of the molecule is CCc1cccc(Oc2nc3sccn3c2CO)c1. The van der Waals surface area contributed by atoms with E-state index in [1.54, 1.807) is 0 Å². The quantitative estimate of drug-likeness (QED) is 0.794. The van der Waals surface area contributed by atoms with Gasteiger partial charge in [-0.15, -0.1) is 11.3 Å². The Morgan fingerprint density at radius 2 is 2.32 bits per heavy atom. The first kappa shape index (κ1) is 12.2. The van der Waals surface area contributed by atoms with Crippen LogP contribution in [0.2, 0.25) is 0 Å². The maximum absolute atomic E-state index is 9.47. The molecule has 98 valence electrons. The predicted octanol–water partition coefficient (Wildman–Crippen LogP) is 3.24. The summed E-state index contributed by atoms with van der Waals surface area (Å²) in [6.45, 7) is 2.01. The molecule has 3 aromatic rings. The van der Waals surface area contributed by atoms with E-state index in [0.29, 0.717) is 11.6 Å². The van der Waals surface area contributed by atoms with E-state index in [9.17, 15) is 5.11 Å². The van der Waals surface area contributed by atoms with Gasteiger partial charge in [-0.3, -0.25) is 4.40 Å². The van der Waals surface area contributed by atoms with Crippen LogP contribution in [0.4, 0.5) is 0 Å². The molecular formula is C14H14N2O2S. The molecule has 3 rings (SSSR count). The van der Waals surface area contributed by atoms with Gasteiger partial charge in [0.15, 0.2) is 4.96 Å². The zero-order valence-corrected chi connectivity index (χ0v) is 11.4. The lowest BCUT2D eigenvalue weighted by Crippen LogP contribution is -1.94. The van der Waals surface area contributed by atoms with E-state index in [1.165, 1.54) is 16.9 Å². The van der Waals surface area contributed by atoms with Gasteiger partial charge in [0, 0.05) is 11.6 Å². The van der Waals surface area contributed by atoms with Crippen molar-refractivity contribution < 1.29 is 9.84 Å². The number of thiazole rings is 1. The fourth-order valence-electron chi connectivity index (χ4n) is 1.98. The number of hydrogen-bond donors (Lipinski definition) is 1. The van der Waals surface area contributed by atoms with Crippen molar-refractivity contribution in [1.29, 1.82) is 0 Å². The van der Waals surface area contributed by atoms with Crippen molar-refractivity contribution in [2.24, 2.45) is 0 Å². The first-order valence-electron chi connectivity index (χ1n) is 6.14. The fraction of sp³-hybridized carbons (Fsp3) is 0.214. The minimum Gasteiger partial charge on any atom is -0.437 e. The van der Waals surface area contributed by atoms with Crippen molar-refractivity contribution in [3.8, 4) is 11.6 Å². The molecule has 2 aromatic heterocycles. The zero-order chi connectivity index (χ0) is 13.2. The summed E-state index contributed by atoms with van der Waals surface area (Å²) in [6.07, 6.45) is 2.84. The molecule has 0 radical (unpaired) electrons. The second kappa shape index (κ2) is 5.03. The van der Waals surface area contributed by atoms with Crippen LogP contribution in [0.3, 0.4) is 0 Å². The van der Waals surface area contributed by atoms with Gasteiger partial charge in [-0.25, -0.2) is 0 Å². The molecule has 1 aromatic carbocycles. The van der Waals surface area contributed by atoms with E-state index in [-0.39, 0.29) is 6.61 Å². The second-order valence-corrected chi connectivity index (χ2v) is 5.05. The van der Waals surface area contributed by atoms with Crippen molar-refractivity contribution in [2.45, 2.75) is 20.0 Å². The summed E-state index contributed by atoms with van der Waals surface area (Å²) < 4.78 is 7.65. The van der Waals surface area contributed by atoms with Crippen LogP contribution >= 0.6 is 11.3 Å². The molecule has 0 bridgehead atoms. The number of aliphatic hydroxyl groups excluding tert-OH is 1. The number of hydrogen-bond acceptors (Lipinski definition) is 4. The Bertz CT molecular complexity index is 702. The number of aromatic nitrogens is 2. The van der Waals surface area contributed by atoms with Gasteiger partial charge in [-0.05, 0) is 24.1 Å². The highest BCUT2D eigenvalue weighted by Crippen LogP contribution is 2.28. The summed E-state index contributed by atoms with van der Waals surface area (Å²) in [5.41, 5.74) is 1.89. The van der Waals surface area contributed by atoms with E-state index in [0.717, 1.165) is 17.1 Å². The minimum absolute atomic E-state index is 0.0965. The van der Waals surface area contributed by atoms with Crippen molar-refractivity contribution in [1.82, 2.24) is 9.38 Å². The third kappa shape index (κ3) is 2.22. The lowest BCUT2D eigenvalue weighted by atomic mass is 10.2. The van der Waals surface area contributed by atoms with Gasteiger partial charge in [-0.1, -0.05) is 19.1 Å². The van der Waals surface area contributed by atoms with Gasteiger partial charge < -0.3 is 9.84 Å². The lowest BCUT2D eigenvalue weighted by molar-refractivity contribution is 0.270. The molecule has 2 heterocycles. The molecule has 4 nitrogen and oxygen atoms in total. The summed E-state index contributed by atoms with van der Waals surface area (Å²) in [7, 11) is 0. The Hall–Kier alpha value is -1.85. The van der Waals surface area contributed by atoms with E-state index >= 15 is 0 Å². The Labute approximate surface area is 114 Å². The molecule has 19 heavy (non-hydrogen) atoms. The Morgan fingerprint density at radius 1 is 1.42 bits per heavy atom. The summed E-state index contributed by atoms with van der Waals surface area (Å²) >= 11 is 1.52. The van der Waals surface area contributed by atoms with E-state index in [2.05, 4.69) is 18.0 Å². The lowest BCUT2D eigenvalue weighted by Gasteiger charge is -2.05. The molecule has 5 heteroatoms. The molecule has 0 aliphatic rings. The van der Waals surface area contributed by atoms with Crippen LogP contribution in [-0.2, 0) is 13.0 Å². The highest BCUT2D eigenvalue weighted by atomic mass is 32.1. The number of benzene rings is 1. The van der Waals surface area contributed by atoms with Crippen molar-refractivity contribution in [3.63, 3.8) is 0 Å². The highest BCUT2D eigenvalue weighted by molar-refractivity contribution is 7.15. The summed E-state index contributed by atoms with van der Waals surface area (Å²) in [5.74, 6) is 1.22. The van der Waals surface area contributed by atoms with Crippen LogP contribution in [-0.4, -0.2) is 14.5 Å². The van der Waals surface area contributed by atoms with Crippen LogP contribution in [0.1, 0.15) is 18.2 Å². The van der Waals surface area contributed by atoms with E-state index in [4.69, 9.17) is 4.74 Å². The highest BCUT2D eigenvalue weighted by Gasteiger charge is 2.14. The molecule has 1 N–H and O–H groups in total. The Morgan fingerprint density at radius 3 is 3.11 bits per heavy atom. The van der Waals surface area contributed by atoms with Gasteiger partial charge in [0.1, 0.15) is 11.4 Å². The molecular weight excluding hydrogens is 260 g/mol. The summed E-state index contributed by atoms with van der Waals surface area (Å²) in [6, 6.07) is 7.92. The predicted molar refractivity (Wildman–Crippen MR) is 74.9 cm³/mol. The van der Waals surface area contributed by atoms with Crippen LogP contribution in [0.25, 0.3) is 4.96 Å². The first-order valence-corrected chi connectivity index (χ1v) is 7.02. The van der Waals surface area contributed by atoms with Gasteiger partial charge in [-0.2, -0.15) is 4.98 Å². The van der Waals surface area contributed by atoms with Crippen molar-refractivity contribution in [2.75, 3.05) is 0 Å². The minimum atomic E-state index is -0.0965. The van der Waals surface area contributed by atoms with Gasteiger partial charge in [0.05, 0.1) is 6.61 Å². The maximum atomic E-state index is 9.47. The molecule has 0 aliphatic heterocycles.